The van der Waals surface area contributed by atoms with Crippen LogP contribution < -0.4 is 10.1 Å². The van der Waals surface area contributed by atoms with Crippen molar-refractivity contribution >= 4 is 16.9 Å². The zero-order chi connectivity index (χ0) is 18.5. The maximum Gasteiger partial charge on any atom is 0.220 e. The molecule has 2 atom stereocenters. The molecule has 1 amide bonds. The second-order valence-electron chi connectivity index (χ2n) is 7.72. The van der Waals surface area contributed by atoms with E-state index in [4.69, 9.17) is 4.74 Å². The number of imidazole rings is 1. The molecule has 1 aliphatic carbocycles. The number of hydrogen-bond acceptors (Lipinski definition) is 4. The fourth-order valence-electron chi connectivity index (χ4n) is 3.85. The molecular weight excluding hydrogens is 342 g/mol. The van der Waals surface area contributed by atoms with E-state index in [1.54, 1.807) is 4.68 Å². The molecular formula is C20H23N5O2. The number of ether oxygens (including phenoxy) is 1. The minimum atomic E-state index is -0.0566. The number of benzene rings is 1. The Hall–Kier alpha value is -2.83. The summed E-state index contributed by atoms with van der Waals surface area (Å²) in [5.41, 5.74) is 4.07. The summed E-state index contributed by atoms with van der Waals surface area (Å²) in [6, 6.07) is 4.70. The molecule has 2 aliphatic rings. The Balaban J connectivity index is 1.56. The normalized spacial score (nSPS) is 20.8. The minimum Gasteiger partial charge on any atom is -0.488 e. The Bertz CT molecular complexity index is 1020. The molecule has 2 aromatic heterocycles. The van der Waals surface area contributed by atoms with Crippen LogP contribution in [0.5, 0.6) is 5.75 Å². The Morgan fingerprint density at radius 3 is 2.81 bits per heavy atom. The van der Waals surface area contributed by atoms with Gasteiger partial charge in [-0.15, -0.1) is 0 Å². The summed E-state index contributed by atoms with van der Waals surface area (Å²) < 4.78 is 10.5. The number of carbonyl (C=O) groups excluding carboxylic acids is 1. The van der Waals surface area contributed by atoms with Gasteiger partial charge in [0, 0.05) is 43.7 Å². The SMILES string of the molecule is C[C@@H](Oc1cc(-c2cnn(C)c2)cc2ncn(C3CC3)c12)[C@H]1CNC(=O)C1. The number of amides is 1. The van der Waals surface area contributed by atoms with Crippen molar-refractivity contribution in [3.63, 3.8) is 0 Å². The molecule has 7 nitrogen and oxygen atoms in total. The molecule has 0 unspecified atom stereocenters. The molecule has 2 fully saturated rings. The largest absolute Gasteiger partial charge is 0.488 e. The van der Waals surface area contributed by atoms with Crippen LogP contribution in [0.25, 0.3) is 22.2 Å². The number of rotatable bonds is 5. The maximum atomic E-state index is 11.6. The third-order valence-corrected chi connectivity index (χ3v) is 5.60. The van der Waals surface area contributed by atoms with Crippen LogP contribution in [0.15, 0.2) is 30.9 Å². The van der Waals surface area contributed by atoms with Gasteiger partial charge < -0.3 is 14.6 Å². The first-order valence-corrected chi connectivity index (χ1v) is 9.51. The Kier molecular flexibility index (Phi) is 3.70. The van der Waals surface area contributed by atoms with Crippen molar-refractivity contribution in [1.29, 1.82) is 0 Å². The fourth-order valence-corrected chi connectivity index (χ4v) is 3.85. The molecule has 1 saturated carbocycles. The van der Waals surface area contributed by atoms with Gasteiger partial charge >= 0.3 is 0 Å². The first-order chi connectivity index (χ1) is 13.1. The van der Waals surface area contributed by atoms with E-state index in [0.717, 1.165) is 27.9 Å². The number of carbonyl (C=O) groups is 1. The first-order valence-electron chi connectivity index (χ1n) is 9.51. The summed E-state index contributed by atoms with van der Waals surface area (Å²) >= 11 is 0. The van der Waals surface area contributed by atoms with Crippen LogP contribution in [0.4, 0.5) is 0 Å². The number of nitrogens with one attached hydrogen (secondary N) is 1. The average molecular weight is 365 g/mol. The van der Waals surface area contributed by atoms with Crippen molar-refractivity contribution in [3.8, 4) is 16.9 Å². The van der Waals surface area contributed by atoms with Crippen molar-refractivity contribution in [1.82, 2.24) is 24.6 Å². The smallest absolute Gasteiger partial charge is 0.220 e. The van der Waals surface area contributed by atoms with Crippen molar-refractivity contribution in [3.05, 3.63) is 30.9 Å². The third kappa shape index (κ3) is 2.97. The van der Waals surface area contributed by atoms with Gasteiger partial charge in [-0.1, -0.05) is 0 Å². The van der Waals surface area contributed by atoms with Crippen molar-refractivity contribution in [2.45, 2.75) is 38.3 Å². The second-order valence-corrected chi connectivity index (χ2v) is 7.72. The number of hydrogen-bond donors (Lipinski definition) is 1. The topological polar surface area (TPSA) is 74.0 Å². The van der Waals surface area contributed by atoms with Gasteiger partial charge in [-0.25, -0.2) is 4.98 Å². The predicted octanol–water partition coefficient (Wildman–Crippen LogP) is 2.68. The summed E-state index contributed by atoms with van der Waals surface area (Å²) in [7, 11) is 1.91. The van der Waals surface area contributed by atoms with Gasteiger partial charge in [0.05, 0.1) is 18.0 Å². The lowest BCUT2D eigenvalue weighted by Crippen LogP contribution is -2.25. The summed E-state index contributed by atoms with van der Waals surface area (Å²) in [5.74, 6) is 1.13. The highest BCUT2D eigenvalue weighted by Gasteiger charge is 2.30. The lowest BCUT2D eigenvalue weighted by Gasteiger charge is -2.21. The number of aryl methyl sites for hydroxylation is 1. The van der Waals surface area contributed by atoms with Crippen LogP contribution in [0, 0.1) is 5.92 Å². The molecule has 0 bridgehead atoms. The van der Waals surface area contributed by atoms with Crippen molar-refractivity contribution in [2.24, 2.45) is 13.0 Å². The van der Waals surface area contributed by atoms with Crippen LogP contribution >= 0.6 is 0 Å². The van der Waals surface area contributed by atoms with Crippen molar-refractivity contribution in [2.75, 3.05) is 6.54 Å². The van der Waals surface area contributed by atoms with E-state index in [-0.39, 0.29) is 17.9 Å². The van der Waals surface area contributed by atoms with Gasteiger partial charge in [-0.05, 0) is 37.5 Å². The Morgan fingerprint density at radius 1 is 1.30 bits per heavy atom. The molecule has 0 spiro atoms. The maximum absolute atomic E-state index is 11.6. The summed E-state index contributed by atoms with van der Waals surface area (Å²) in [6.07, 6.45) is 8.61. The van der Waals surface area contributed by atoms with E-state index < -0.39 is 0 Å². The Morgan fingerprint density at radius 2 is 2.15 bits per heavy atom. The van der Waals surface area contributed by atoms with E-state index in [9.17, 15) is 4.79 Å². The van der Waals surface area contributed by atoms with E-state index in [0.29, 0.717) is 19.0 Å². The van der Waals surface area contributed by atoms with Crippen LogP contribution in [0.2, 0.25) is 0 Å². The standard InChI is InChI=1S/C20H23N5O2/c1-12(14-7-19(26)21-8-14)27-18-6-13(15-9-23-24(2)10-15)5-17-20(18)25(11-22-17)16-3-4-16/h5-6,9-12,14,16H,3-4,7-8H2,1-2H3,(H,21,26)/t12-,14-/m1/s1. The summed E-state index contributed by atoms with van der Waals surface area (Å²) in [4.78, 5) is 16.2. The molecule has 7 heteroatoms. The summed E-state index contributed by atoms with van der Waals surface area (Å²) in [5, 5.41) is 7.18. The number of fused-ring (bicyclic) bond motifs is 1. The zero-order valence-electron chi connectivity index (χ0n) is 15.6. The zero-order valence-corrected chi connectivity index (χ0v) is 15.6. The molecule has 0 radical (unpaired) electrons. The highest BCUT2D eigenvalue weighted by Crippen LogP contribution is 2.41. The van der Waals surface area contributed by atoms with Crippen LogP contribution in [-0.4, -0.2) is 37.9 Å². The van der Waals surface area contributed by atoms with Gasteiger partial charge in [0.1, 0.15) is 17.4 Å². The molecule has 5 rings (SSSR count). The third-order valence-electron chi connectivity index (χ3n) is 5.60. The highest BCUT2D eigenvalue weighted by atomic mass is 16.5. The second kappa shape index (κ2) is 6.11. The van der Waals surface area contributed by atoms with E-state index in [1.807, 2.05) is 32.7 Å². The lowest BCUT2D eigenvalue weighted by molar-refractivity contribution is -0.119. The Labute approximate surface area is 157 Å². The van der Waals surface area contributed by atoms with Crippen LogP contribution in [-0.2, 0) is 11.8 Å². The molecule has 1 N–H and O–H groups in total. The highest BCUT2D eigenvalue weighted by molar-refractivity contribution is 5.88. The monoisotopic (exact) mass is 365 g/mol. The molecule has 140 valence electrons. The average Bonchev–Trinajstić information content (AvgIpc) is 3.04. The van der Waals surface area contributed by atoms with Gasteiger partial charge in [0.2, 0.25) is 5.91 Å². The first kappa shape index (κ1) is 16.4. The quantitative estimate of drug-likeness (QED) is 0.754. The van der Waals surface area contributed by atoms with Gasteiger partial charge in [0.25, 0.3) is 0 Å². The molecule has 1 aliphatic heterocycles. The molecule has 27 heavy (non-hydrogen) atoms. The molecule has 3 heterocycles. The minimum absolute atomic E-state index is 0.0566. The van der Waals surface area contributed by atoms with E-state index in [2.05, 4.69) is 32.1 Å². The van der Waals surface area contributed by atoms with Gasteiger partial charge in [0.15, 0.2) is 0 Å². The van der Waals surface area contributed by atoms with E-state index >= 15 is 0 Å². The van der Waals surface area contributed by atoms with E-state index in [1.165, 1.54) is 12.8 Å². The van der Waals surface area contributed by atoms with Crippen molar-refractivity contribution < 1.29 is 9.53 Å². The molecule has 1 aromatic carbocycles. The fraction of sp³-hybridized carbons (Fsp3) is 0.450. The lowest BCUT2D eigenvalue weighted by atomic mass is 10.0. The van der Waals surface area contributed by atoms with Crippen LogP contribution in [0.1, 0.15) is 32.2 Å². The predicted molar refractivity (Wildman–Crippen MR) is 101 cm³/mol. The molecule has 3 aromatic rings. The van der Waals surface area contributed by atoms with Gasteiger partial charge in [-0.2, -0.15) is 5.10 Å². The number of aromatic nitrogens is 4. The van der Waals surface area contributed by atoms with Crippen LogP contribution in [0.3, 0.4) is 0 Å². The van der Waals surface area contributed by atoms with Gasteiger partial charge in [-0.3, -0.25) is 9.48 Å². The number of nitrogens with zero attached hydrogens (tertiary/aromatic N) is 4. The summed E-state index contributed by atoms with van der Waals surface area (Å²) in [6.45, 7) is 2.72. The molecule has 1 saturated heterocycles.